The highest BCUT2D eigenvalue weighted by Gasteiger charge is 2.20. The molecule has 7 nitrogen and oxygen atoms in total. The summed E-state index contributed by atoms with van der Waals surface area (Å²) in [5.74, 6) is 0.762. The summed E-state index contributed by atoms with van der Waals surface area (Å²) in [5.41, 5.74) is 2.46. The maximum absolute atomic E-state index is 12.9. The van der Waals surface area contributed by atoms with E-state index in [4.69, 9.17) is 5.26 Å². The van der Waals surface area contributed by atoms with Crippen LogP contribution in [0.2, 0.25) is 0 Å². The first-order valence-electron chi connectivity index (χ1n) is 9.68. The molecule has 146 valence electrons. The minimum Gasteiger partial charge on any atom is -0.337 e. The molecule has 1 aliphatic heterocycles. The van der Waals surface area contributed by atoms with Crippen LogP contribution in [0.15, 0.2) is 61.3 Å². The summed E-state index contributed by atoms with van der Waals surface area (Å²) in [4.78, 5) is 25.6. The fourth-order valence-electron chi connectivity index (χ4n) is 3.52. The maximum Gasteiger partial charge on any atom is 0.255 e. The Morgan fingerprint density at radius 2 is 1.93 bits per heavy atom. The number of pyridine rings is 1. The number of hydrogen-bond donors (Lipinski definition) is 0. The van der Waals surface area contributed by atoms with Gasteiger partial charge in [-0.3, -0.25) is 14.3 Å². The number of amides is 1. The number of imidazole rings is 1. The SMILES string of the molecule is N#Cc1ccc(CN2CCCN(C(=O)c3ccc(-n4ccnc4)nc3)CC2)cc1. The van der Waals surface area contributed by atoms with Crippen LogP contribution < -0.4 is 0 Å². The molecule has 1 fully saturated rings. The first-order chi connectivity index (χ1) is 14.2. The number of carbonyl (C=O) groups is 1. The van der Waals surface area contributed by atoms with Gasteiger partial charge in [-0.2, -0.15) is 5.26 Å². The third kappa shape index (κ3) is 4.50. The lowest BCUT2D eigenvalue weighted by atomic mass is 10.1. The minimum absolute atomic E-state index is 0.0231. The Kier molecular flexibility index (Phi) is 5.63. The summed E-state index contributed by atoms with van der Waals surface area (Å²) in [6.45, 7) is 4.03. The van der Waals surface area contributed by atoms with Crippen molar-refractivity contribution in [1.82, 2.24) is 24.3 Å². The van der Waals surface area contributed by atoms with Crippen LogP contribution in [0.1, 0.15) is 27.9 Å². The molecule has 0 aliphatic carbocycles. The summed E-state index contributed by atoms with van der Waals surface area (Å²) in [5, 5.41) is 8.92. The number of nitrogens with zero attached hydrogens (tertiary/aromatic N) is 6. The smallest absolute Gasteiger partial charge is 0.255 e. The Hall–Kier alpha value is -3.50. The van der Waals surface area contributed by atoms with E-state index in [9.17, 15) is 4.79 Å². The molecular formula is C22H22N6O. The molecule has 0 N–H and O–H groups in total. The van der Waals surface area contributed by atoms with Gasteiger partial charge >= 0.3 is 0 Å². The summed E-state index contributed by atoms with van der Waals surface area (Å²) in [6.07, 6.45) is 7.77. The molecule has 29 heavy (non-hydrogen) atoms. The molecule has 3 aromatic rings. The highest BCUT2D eigenvalue weighted by Crippen LogP contribution is 2.13. The average molecular weight is 386 g/mol. The van der Waals surface area contributed by atoms with Crippen molar-refractivity contribution in [2.75, 3.05) is 26.2 Å². The Bertz CT molecular complexity index is 989. The van der Waals surface area contributed by atoms with E-state index in [1.54, 1.807) is 23.3 Å². The lowest BCUT2D eigenvalue weighted by Gasteiger charge is -2.22. The van der Waals surface area contributed by atoms with E-state index in [1.807, 2.05) is 47.5 Å². The van der Waals surface area contributed by atoms with E-state index < -0.39 is 0 Å². The van der Waals surface area contributed by atoms with Crippen LogP contribution in [-0.2, 0) is 6.54 Å². The number of aromatic nitrogens is 3. The first-order valence-corrected chi connectivity index (χ1v) is 9.68. The molecule has 7 heteroatoms. The standard InChI is InChI=1S/C22H22N6O/c23-14-18-2-4-19(5-3-18)16-26-9-1-10-27(13-12-26)22(29)20-6-7-21(25-15-20)28-11-8-24-17-28/h2-8,11,15,17H,1,9-10,12-13,16H2. The van der Waals surface area contributed by atoms with Crippen LogP contribution in [0, 0.1) is 11.3 Å². The van der Waals surface area contributed by atoms with Crippen LogP contribution in [0.4, 0.5) is 0 Å². The predicted octanol–water partition coefficient (Wildman–Crippen LogP) is 2.49. The van der Waals surface area contributed by atoms with Crippen molar-refractivity contribution in [3.05, 3.63) is 78.0 Å². The van der Waals surface area contributed by atoms with Gasteiger partial charge in [0.1, 0.15) is 12.1 Å². The third-order valence-corrected chi connectivity index (χ3v) is 5.13. The van der Waals surface area contributed by atoms with Crippen molar-refractivity contribution >= 4 is 5.91 Å². The number of carbonyl (C=O) groups excluding carboxylic acids is 1. The first kappa shape index (κ1) is 18.8. The molecule has 4 rings (SSSR count). The highest BCUT2D eigenvalue weighted by molar-refractivity contribution is 5.94. The monoisotopic (exact) mass is 386 g/mol. The lowest BCUT2D eigenvalue weighted by Crippen LogP contribution is -2.35. The molecular weight excluding hydrogens is 364 g/mol. The van der Waals surface area contributed by atoms with Gasteiger partial charge in [0.2, 0.25) is 0 Å². The van der Waals surface area contributed by atoms with Gasteiger partial charge < -0.3 is 4.90 Å². The predicted molar refractivity (Wildman–Crippen MR) is 108 cm³/mol. The van der Waals surface area contributed by atoms with E-state index in [0.717, 1.165) is 38.4 Å². The van der Waals surface area contributed by atoms with Crippen LogP contribution in [0.25, 0.3) is 5.82 Å². The molecule has 1 saturated heterocycles. The molecule has 1 aromatic carbocycles. The van der Waals surface area contributed by atoms with Crippen LogP contribution in [0.5, 0.6) is 0 Å². The number of nitriles is 1. The normalized spacial score (nSPS) is 14.9. The van der Waals surface area contributed by atoms with Crippen molar-refractivity contribution < 1.29 is 4.79 Å². The summed E-state index contributed by atoms with van der Waals surface area (Å²) < 4.78 is 1.81. The Labute approximate surface area is 169 Å². The van der Waals surface area contributed by atoms with Gasteiger partial charge in [-0.05, 0) is 36.2 Å². The Balaban J connectivity index is 1.36. The van der Waals surface area contributed by atoms with Crippen LogP contribution >= 0.6 is 0 Å². The van der Waals surface area contributed by atoms with Gasteiger partial charge in [0, 0.05) is 51.3 Å². The van der Waals surface area contributed by atoms with Gasteiger partial charge in [-0.15, -0.1) is 0 Å². The molecule has 0 unspecified atom stereocenters. The lowest BCUT2D eigenvalue weighted by molar-refractivity contribution is 0.0760. The van der Waals surface area contributed by atoms with Crippen molar-refractivity contribution in [3.8, 4) is 11.9 Å². The van der Waals surface area contributed by atoms with E-state index in [0.29, 0.717) is 17.7 Å². The highest BCUT2D eigenvalue weighted by atomic mass is 16.2. The number of benzene rings is 1. The molecule has 0 atom stereocenters. The van der Waals surface area contributed by atoms with E-state index in [-0.39, 0.29) is 5.91 Å². The second kappa shape index (κ2) is 8.67. The average Bonchev–Trinajstić information content (AvgIpc) is 3.21. The van der Waals surface area contributed by atoms with E-state index in [2.05, 4.69) is 20.9 Å². The second-order valence-corrected chi connectivity index (χ2v) is 7.11. The fraction of sp³-hybridized carbons (Fsp3) is 0.273. The molecule has 0 spiro atoms. The van der Waals surface area contributed by atoms with Gasteiger partial charge in [0.05, 0.1) is 17.2 Å². The maximum atomic E-state index is 12.9. The summed E-state index contributed by atoms with van der Waals surface area (Å²) >= 11 is 0. The van der Waals surface area contributed by atoms with Gasteiger partial charge in [0.15, 0.2) is 0 Å². The van der Waals surface area contributed by atoms with Crippen molar-refractivity contribution in [3.63, 3.8) is 0 Å². The topological polar surface area (TPSA) is 78.0 Å². The van der Waals surface area contributed by atoms with Crippen molar-refractivity contribution in [1.29, 1.82) is 5.26 Å². The third-order valence-electron chi connectivity index (χ3n) is 5.13. The molecule has 1 aliphatic rings. The molecule has 0 saturated carbocycles. The van der Waals surface area contributed by atoms with E-state index >= 15 is 0 Å². The second-order valence-electron chi connectivity index (χ2n) is 7.11. The van der Waals surface area contributed by atoms with Crippen molar-refractivity contribution in [2.45, 2.75) is 13.0 Å². The van der Waals surface area contributed by atoms with Gasteiger partial charge in [-0.25, -0.2) is 9.97 Å². The Morgan fingerprint density at radius 3 is 2.62 bits per heavy atom. The van der Waals surface area contributed by atoms with Crippen molar-refractivity contribution in [2.24, 2.45) is 0 Å². The number of hydrogen-bond acceptors (Lipinski definition) is 5. The summed E-state index contributed by atoms with van der Waals surface area (Å²) in [6, 6.07) is 13.5. The van der Waals surface area contributed by atoms with Crippen LogP contribution in [-0.4, -0.2) is 56.4 Å². The zero-order valence-corrected chi connectivity index (χ0v) is 16.1. The molecule has 3 heterocycles. The van der Waals surface area contributed by atoms with Crippen LogP contribution in [0.3, 0.4) is 0 Å². The zero-order chi connectivity index (χ0) is 20.1. The fourth-order valence-corrected chi connectivity index (χ4v) is 3.52. The molecule has 2 aromatic heterocycles. The molecule has 1 amide bonds. The van der Waals surface area contributed by atoms with Gasteiger partial charge in [-0.1, -0.05) is 12.1 Å². The quantitative estimate of drug-likeness (QED) is 0.688. The molecule has 0 bridgehead atoms. The molecule has 0 radical (unpaired) electrons. The van der Waals surface area contributed by atoms with Gasteiger partial charge in [0.25, 0.3) is 5.91 Å². The minimum atomic E-state index is 0.0231. The van der Waals surface area contributed by atoms with E-state index in [1.165, 1.54) is 5.56 Å². The largest absolute Gasteiger partial charge is 0.337 e. The Morgan fingerprint density at radius 1 is 1.07 bits per heavy atom. The number of rotatable bonds is 4. The summed E-state index contributed by atoms with van der Waals surface area (Å²) in [7, 11) is 0. The zero-order valence-electron chi connectivity index (χ0n) is 16.1.